The minimum atomic E-state index is -5.19. The number of fused-ring (bicyclic) bond motifs is 6. The van der Waals surface area contributed by atoms with Crippen molar-refractivity contribution in [2.75, 3.05) is 59.0 Å². The van der Waals surface area contributed by atoms with Crippen LogP contribution in [0.4, 0.5) is 26.3 Å². The Bertz CT molecular complexity index is 2340. The van der Waals surface area contributed by atoms with Gasteiger partial charge in [0.2, 0.25) is 11.2 Å². The summed E-state index contributed by atoms with van der Waals surface area (Å²) >= 11 is 5.47. The summed E-state index contributed by atoms with van der Waals surface area (Å²) < 4.78 is 82.1. The summed E-state index contributed by atoms with van der Waals surface area (Å²) in [5, 5.41) is 56.8. The summed E-state index contributed by atoms with van der Waals surface area (Å²) in [6, 6.07) is 16.8. The SMILES string of the molecule is CC(=O)OCCCC[N+]12CCC(CC1)[C@@H](OC(=O)C(O)(c1cccs1)c1cccs1)C2.N#CCCC[N+]12CCC(CC1)[C@@H](OC(=O)C(O)(c1cccs1)c1cccs1)C2.O=C([O-])C(F)(F)F.O=C([O-])C(F)(F)F. The Hall–Kier alpha value is -4.94. The molecule has 0 amide bonds. The quantitative estimate of drug-likeness (QED) is 0.0457. The Morgan fingerprint density at radius 3 is 1.23 bits per heavy atom. The summed E-state index contributed by atoms with van der Waals surface area (Å²) in [6.45, 7) is 9.88. The molecule has 2 N–H and O–H groups in total. The minimum absolute atomic E-state index is 0.163. The minimum Gasteiger partial charge on any atom is -0.542 e. The number of quaternary nitrogens is 2. The molecule has 6 saturated heterocycles. The molecule has 0 aliphatic carbocycles. The maximum absolute atomic E-state index is 13.4. The van der Waals surface area contributed by atoms with E-state index in [1.807, 2.05) is 45.8 Å². The maximum atomic E-state index is 13.4. The number of hydrogen-bond acceptors (Lipinski definition) is 17. The van der Waals surface area contributed by atoms with Crippen molar-refractivity contribution in [2.24, 2.45) is 11.8 Å². The first kappa shape index (κ1) is 58.9. The van der Waals surface area contributed by atoms with E-state index in [0.717, 1.165) is 106 Å². The number of unbranched alkanes of at least 4 members (excludes halogenated alkanes) is 2. The number of halogens is 6. The van der Waals surface area contributed by atoms with Crippen LogP contribution in [0.3, 0.4) is 0 Å². The van der Waals surface area contributed by atoms with Gasteiger partial charge in [-0.25, -0.2) is 9.59 Å². The van der Waals surface area contributed by atoms with Gasteiger partial charge in [-0.15, -0.1) is 45.3 Å². The van der Waals surface area contributed by atoms with Crippen LogP contribution in [0.1, 0.15) is 77.8 Å². The van der Waals surface area contributed by atoms with Crippen LogP contribution in [0.2, 0.25) is 0 Å². The number of ether oxygens (including phenoxy) is 3. The van der Waals surface area contributed by atoms with Gasteiger partial charge in [-0.2, -0.15) is 31.6 Å². The van der Waals surface area contributed by atoms with Crippen LogP contribution in [0.25, 0.3) is 0 Å². The molecule has 400 valence electrons. The predicted molar refractivity (Wildman–Crippen MR) is 251 cm³/mol. The number of esters is 3. The zero-order valence-electron chi connectivity index (χ0n) is 39.5. The number of nitrogens with zero attached hydrogens (tertiary/aromatic N) is 3. The van der Waals surface area contributed by atoms with Gasteiger partial charge in [0.25, 0.3) is 0 Å². The predicted octanol–water partition coefficient (Wildman–Crippen LogP) is 5.64. The van der Waals surface area contributed by atoms with Gasteiger partial charge >= 0.3 is 30.3 Å². The standard InChI is InChI=1S/C23H30NO5S2.C21H25N2O3S2.2C2HF3O2/c1-17(25)28-13-3-2-10-24-11-8-18(9-12-24)19(16-24)29-22(26)23(27,20-6-4-14-30-20)21-7-5-15-31-21;22-9-1-2-10-23-11-7-16(8-12-23)17(15-23)26-20(24)21(25,18-5-3-13-27-18)19-6-4-14-28-19;2*3-2(4,5)1(6)7/h4-7,14-15,18-19,27H,2-3,8-13,16H2,1H3;3-6,13-14,16-17,25H,1-2,7-8,10-12,15H2;2*(H,6,7)/q2*+1;;/p-2/t18?,19-,24?;16?,17-,23?;;/m00../s1. The number of aliphatic carboxylic acids is 2. The second kappa shape index (κ2) is 25.5. The van der Waals surface area contributed by atoms with Gasteiger partial charge in [0.1, 0.15) is 25.0 Å². The topological polar surface area (TPSA) is 223 Å². The van der Waals surface area contributed by atoms with Crippen LogP contribution < -0.4 is 10.2 Å². The van der Waals surface area contributed by atoms with Crippen molar-refractivity contribution in [3.05, 3.63) is 89.6 Å². The van der Waals surface area contributed by atoms with Crippen molar-refractivity contribution < 1.29 is 93.9 Å². The lowest BCUT2D eigenvalue weighted by molar-refractivity contribution is -0.946. The lowest BCUT2D eigenvalue weighted by Crippen LogP contribution is -2.65. The highest BCUT2D eigenvalue weighted by Crippen LogP contribution is 2.42. The fourth-order valence-electron chi connectivity index (χ4n) is 9.63. The number of nitriles is 1. The van der Waals surface area contributed by atoms with E-state index in [2.05, 4.69) is 6.07 Å². The molecule has 10 rings (SSSR count). The van der Waals surface area contributed by atoms with Crippen molar-refractivity contribution in [3.63, 3.8) is 0 Å². The van der Waals surface area contributed by atoms with E-state index < -0.39 is 47.4 Å². The number of carbonyl (C=O) groups is 5. The van der Waals surface area contributed by atoms with Crippen LogP contribution >= 0.6 is 45.3 Å². The van der Waals surface area contributed by atoms with Crippen LogP contribution in [0.5, 0.6) is 0 Å². The summed E-state index contributed by atoms with van der Waals surface area (Å²) in [7, 11) is 0. The highest BCUT2D eigenvalue weighted by molar-refractivity contribution is 7.12. The van der Waals surface area contributed by atoms with Crippen molar-refractivity contribution >= 4 is 75.2 Å². The Balaban J connectivity index is 0.000000216. The first-order valence-corrected chi connectivity index (χ1v) is 26.7. The molecular formula is C48H55F6N3O12S4. The third kappa shape index (κ3) is 15.3. The average Bonchev–Trinajstić information content (AvgIpc) is 4.21. The molecule has 4 aromatic heterocycles. The molecule has 6 fully saturated rings. The number of carboxylic acids is 2. The molecule has 0 saturated carbocycles. The molecule has 4 bridgehead atoms. The second-order valence-electron chi connectivity index (χ2n) is 18.2. The van der Waals surface area contributed by atoms with Crippen molar-refractivity contribution in [1.29, 1.82) is 5.26 Å². The van der Waals surface area contributed by atoms with E-state index >= 15 is 0 Å². The maximum Gasteiger partial charge on any atom is 0.430 e. The molecule has 25 heteroatoms. The molecule has 0 unspecified atom stereocenters. The molecule has 4 aromatic rings. The number of carbonyl (C=O) groups excluding carboxylic acids is 5. The number of aliphatic hydroxyl groups is 2. The highest BCUT2D eigenvalue weighted by atomic mass is 32.1. The molecule has 73 heavy (non-hydrogen) atoms. The Morgan fingerprint density at radius 1 is 0.630 bits per heavy atom. The molecule has 0 radical (unpaired) electrons. The lowest BCUT2D eigenvalue weighted by atomic mass is 9.83. The Kier molecular flexibility index (Phi) is 20.6. The lowest BCUT2D eigenvalue weighted by Gasteiger charge is -2.52. The molecule has 6 aliphatic heterocycles. The summed E-state index contributed by atoms with van der Waals surface area (Å²) in [6.07, 6.45) is -3.27. The molecule has 0 aromatic carbocycles. The summed E-state index contributed by atoms with van der Waals surface area (Å²) in [5.74, 6) is -6.64. The highest BCUT2D eigenvalue weighted by Gasteiger charge is 2.53. The third-order valence-corrected chi connectivity index (χ3v) is 17.3. The molecule has 0 spiro atoms. The van der Waals surface area contributed by atoms with E-state index in [1.54, 1.807) is 24.3 Å². The van der Waals surface area contributed by atoms with Gasteiger partial charge < -0.3 is 53.2 Å². The molecule has 15 nitrogen and oxygen atoms in total. The second-order valence-corrected chi connectivity index (χ2v) is 22.0. The van der Waals surface area contributed by atoms with E-state index in [0.29, 0.717) is 44.4 Å². The molecule has 6 aliphatic rings. The van der Waals surface area contributed by atoms with Crippen LogP contribution in [0, 0.1) is 23.2 Å². The van der Waals surface area contributed by atoms with Gasteiger partial charge in [-0.3, -0.25) is 4.79 Å². The van der Waals surface area contributed by atoms with Gasteiger partial charge in [0, 0.05) is 57.3 Å². The van der Waals surface area contributed by atoms with Crippen molar-refractivity contribution in [2.45, 2.75) is 94.1 Å². The fourth-order valence-corrected chi connectivity index (χ4v) is 13.1. The fraction of sp³-hybridized carbons (Fsp3) is 0.542. The van der Waals surface area contributed by atoms with Crippen molar-refractivity contribution in [1.82, 2.24) is 0 Å². The van der Waals surface area contributed by atoms with Crippen LogP contribution in [-0.4, -0.2) is 133 Å². The third-order valence-electron chi connectivity index (χ3n) is 13.4. The smallest absolute Gasteiger partial charge is 0.430 e. The molecule has 10 heterocycles. The van der Waals surface area contributed by atoms with Gasteiger partial charge in [0.15, 0.2) is 12.2 Å². The number of hydrogen-bond donors (Lipinski definition) is 2. The normalized spacial score (nSPS) is 23.2. The van der Waals surface area contributed by atoms with E-state index in [1.165, 1.54) is 52.3 Å². The van der Waals surface area contributed by atoms with Gasteiger partial charge in [-0.05, 0) is 58.6 Å². The first-order valence-electron chi connectivity index (χ1n) is 23.2. The summed E-state index contributed by atoms with van der Waals surface area (Å²) in [4.78, 5) is 57.5. The first-order chi connectivity index (χ1) is 34.4. The number of carboxylic acid groups (broad SMARTS) is 2. The van der Waals surface area contributed by atoms with E-state index in [4.69, 9.17) is 39.3 Å². The van der Waals surface area contributed by atoms with Crippen molar-refractivity contribution in [3.8, 4) is 6.07 Å². The number of alkyl halides is 6. The molecule has 2 atom stereocenters. The zero-order chi connectivity index (χ0) is 53.7. The van der Waals surface area contributed by atoms with Crippen LogP contribution in [-0.2, 0) is 49.4 Å². The van der Waals surface area contributed by atoms with E-state index in [-0.39, 0.29) is 18.2 Å². The van der Waals surface area contributed by atoms with E-state index in [9.17, 15) is 50.9 Å². The van der Waals surface area contributed by atoms with Gasteiger partial charge in [0.05, 0.1) is 71.5 Å². The molecular weight excluding hydrogens is 1050 g/mol. The summed E-state index contributed by atoms with van der Waals surface area (Å²) in [5.41, 5.74) is -3.48. The number of piperidine rings is 6. The Morgan fingerprint density at radius 2 is 0.959 bits per heavy atom. The van der Waals surface area contributed by atoms with Crippen LogP contribution in [0.15, 0.2) is 70.1 Å². The zero-order valence-corrected chi connectivity index (χ0v) is 42.7. The Labute approximate surface area is 432 Å². The van der Waals surface area contributed by atoms with Gasteiger partial charge in [-0.1, -0.05) is 24.3 Å². The number of rotatable bonds is 16. The number of thiophene rings is 4. The monoisotopic (exact) mass is 1110 g/mol. The average molecular weight is 1110 g/mol. The largest absolute Gasteiger partial charge is 0.542 e.